The molecule has 1 heterocycles. The quantitative estimate of drug-likeness (QED) is 0.0224. The summed E-state index contributed by atoms with van der Waals surface area (Å²) < 4.78 is 11.0. The van der Waals surface area contributed by atoms with E-state index < -0.39 is 74.2 Å². The SMILES string of the molecule is C/C=C/CC/C=C/CCCC(O)C(O)C(COC1OC(CO)C(O)C(O)C1O)NC(=O)C(O)CCCCCCCCCCCCCCCCCCCCCCCCC. The van der Waals surface area contributed by atoms with Crippen LogP contribution in [0.3, 0.4) is 0 Å². The van der Waals surface area contributed by atoms with Gasteiger partial charge in [-0.2, -0.15) is 0 Å². The average molecular weight is 828 g/mol. The lowest BCUT2D eigenvalue weighted by Crippen LogP contribution is -2.60. The molecule has 0 aromatic carbocycles. The third kappa shape index (κ3) is 26.7. The summed E-state index contributed by atoms with van der Waals surface area (Å²) in [6.07, 6.45) is 30.0. The van der Waals surface area contributed by atoms with Crippen LogP contribution in [0.4, 0.5) is 0 Å². The Hall–Kier alpha value is -1.41. The molecular formula is C47H89NO10. The third-order valence-electron chi connectivity index (χ3n) is 11.6. The lowest BCUT2D eigenvalue weighted by molar-refractivity contribution is -0.303. The summed E-state index contributed by atoms with van der Waals surface area (Å²) in [6, 6.07) is -1.18. The van der Waals surface area contributed by atoms with Crippen LogP contribution in [-0.2, 0) is 14.3 Å². The molecule has 0 aromatic rings. The van der Waals surface area contributed by atoms with Gasteiger partial charge >= 0.3 is 0 Å². The van der Waals surface area contributed by atoms with Crippen LogP contribution >= 0.6 is 0 Å². The molecule has 1 fully saturated rings. The summed E-state index contributed by atoms with van der Waals surface area (Å²) in [5, 5.41) is 75.3. The zero-order valence-corrected chi connectivity index (χ0v) is 36.8. The zero-order valence-electron chi connectivity index (χ0n) is 36.8. The van der Waals surface area contributed by atoms with E-state index in [1.54, 1.807) is 0 Å². The van der Waals surface area contributed by atoms with Gasteiger partial charge in [0.15, 0.2) is 6.29 Å². The van der Waals surface area contributed by atoms with E-state index in [0.717, 1.165) is 32.1 Å². The molecule has 1 amide bonds. The molecule has 9 atom stereocenters. The van der Waals surface area contributed by atoms with Crippen LogP contribution in [0.1, 0.15) is 200 Å². The van der Waals surface area contributed by atoms with Gasteiger partial charge < -0.3 is 50.5 Å². The molecule has 0 spiro atoms. The number of nitrogens with one attached hydrogen (secondary N) is 1. The van der Waals surface area contributed by atoms with E-state index in [2.05, 4.69) is 24.4 Å². The maximum absolute atomic E-state index is 13.0. The number of ether oxygens (including phenoxy) is 2. The van der Waals surface area contributed by atoms with E-state index in [-0.39, 0.29) is 12.8 Å². The van der Waals surface area contributed by atoms with Gasteiger partial charge in [0.2, 0.25) is 5.91 Å². The maximum atomic E-state index is 13.0. The van der Waals surface area contributed by atoms with Gasteiger partial charge in [-0.1, -0.05) is 179 Å². The highest BCUT2D eigenvalue weighted by Gasteiger charge is 2.44. The summed E-state index contributed by atoms with van der Waals surface area (Å²) in [5.74, 6) is -0.712. The summed E-state index contributed by atoms with van der Waals surface area (Å²) in [6.45, 7) is 3.18. The highest BCUT2D eigenvalue weighted by atomic mass is 16.7. The maximum Gasteiger partial charge on any atom is 0.249 e. The second-order valence-electron chi connectivity index (χ2n) is 16.8. The van der Waals surface area contributed by atoms with E-state index in [9.17, 15) is 40.5 Å². The van der Waals surface area contributed by atoms with Gasteiger partial charge in [0.05, 0.1) is 25.4 Å². The average Bonchev–Trinajstić information content (AvgIpc) is 3.22. The number of carbonyl (C=O) groups is 1. The first-order valence-corrected chi connectivity index (χ1v) is 23.7. The summed E-state index contributed by atoms with van der Waals surface area (Å²) in [7, 11) is 0. The zero-order chi connectivity index (χ0) is 42.6. The molecule has 8 N–H and O–H groups in total. The van der Waals surface area contributed by atoms with E-state index in [1.807, 2.05) is 19.1 Å². The fourth-order valence-corrected chi connectivity index (χ4v) is 7.64. The van der Waals surface area contributed by atoms with E-state index in [4.69, 9.17) is 9.47 Å². The largest absolute Gasteiger partial charge is 0.394 e. The number of rotatable bonds is 39. The molecule has 0 aliphatic carbocycles. The Kier molecular flexibility index (Phi) is 35.2. The molecule has 11 nitrogen and oxygen atoms in total. The van der Waals surface area contributed by atoms with Gasteiger partial charge in [-0.05, 0) is 45.4 Å². The number of hydrogen-bond acceptors (Lipinski definition) is 10. The van der Waals surface area contributed by atoms with Gasteiger partial charge in [-0.3, -0.25) is 4.79 Å². The molecule has 58 heavy (non-hydrogen) atoms. The van der Waals surface area contributed by atoms with E-state index in [0.29, 0.717) is 19.3 Å². The minimum Gasteiger partial charge on any atom is -0.394 e. The highest BCUT2D eigenvalue weighted by molar-refractivity contribution is 5.80. The highest BCUT2D eigenvalue weighted by Crippen LogP contribution is 2.23. The molecule has 342 valence electrons. The van der Waals surface area contributed by atoms with E-state index in [1.165, 1.54) is 122 Å². The molecule has 1 saturated heterocycles. The van der Waals surface area contributed by atoms with Crippen LogP contribution in [-0.4, -0.2) is 110 Å². The van der Waals surface area contributed by atoms with Crippen molar-refractivity contribution in [2.75, 3.05) is 13.2 Å². The number of allylic oxidation sites excluding steroid dienone is 4. The fraction of sp³-hybridized carbons (Fsp3) is 0.894. The Morgan fingerprint density at radius 3 is 1.57 bits per heavy atom. The number of aliphatic hydroxyl groups excluding tert-OH is 7. The molecule has 11 heteroatoms. The third-order valence-corrected chi connectivity index (χ3v) is 11.6. The van der Waals surface area contributed by atoms with Crippen molar-refractivity contribution in [2.24, 2.45) is 0 Å². The van der Waals surface area contributed by atoms with Gasteiger partial charge in [0.1, 0.15) is 36.6 Å². The minimum absolute atomic E-state index is 0.245. The van der Waals surface area contributed by atoms with Gasteiger partial charge in [-0.25, -0.2) is 0 Å². The number of unbranched alkanes of at least 4 members (excludes halogenated alkanes) is 24. The van der Waals surface area contributed by atoms with Crippen LogP contribution < -0.4 is 5.32 Å². The first kappa shape index (κ1) is 54.6. The number of hydrogen-bond donors (Lipinski definition) is 8. The number of aliphatic hydroxyl groups is 7. The van der Waals surface area contributed by atoms with Crippen molar-refractivity contribution < 1.29 is 50.0 Å². The normalized spacial score (nSPS) is 22.1. The molecule has 0 radical (unpaired) electrons. The second-order valence-corrected chi connectivity index (χ2v) is 16.8. The van der Waals surface area contributed by atoms with Gasteiger partial charge in [0.25, 0.3) is 0 Å². The van der Waals surface area contributed by atoms with Gasteiger partial charge in [-0.15, -0.1) is 0 Å². The monoisotopic (exact) mass is 828 g/mol. The van der Waals surface area contributed by atoms with Crippen LogP contribution in [0, 0.1) is 0 Å². The summed E-state index contributed by atoms with van der Waals surface area (Å²) in [5.41, 5.74) is 0. The predicted molar refractivity (Wildman–Crippen MR) is 233 cm³/mol. The molecular weight excluding hydrogens is 739 g/mol. The van der Waals surface area contributed by atoms with Crippen LogP contribution in [0.15, 0.2) is 24.3 Å². The van der Waals surface area contributed by atoms with Crippen molar-refractivity contribution in [3.8, 4) is 0 Å². The summed E-state index contributed by atoms with van der Waals surface area (Å²) >= 11 is 0. The predicted octanol–water partition coefficient (Wildman–Crippen LogP) is 7.84. The van der Waals surface area contributed by atoms with Crippen LogP contribution in [0.2, 0.25) is 0 Å². The molecule has 1 aliphatic rings. The lowest BCUT2D eigenvalue weighted by Gasteiger charge is -2.40. The van der Waals surface area contributed by atoms with Crippen LogP contribution in [0.5, 0.6) is 0 Å². The molecule has 1 rings (SSSR count). The Bertz CT molecular complexity index is 997. The van der Waals surface area contributed by atoms with Crippen LogP contribution in [0.25, 0.3) is 0 Å². The summed E-state index contributed by atoms with van der Waals surface area (Å²) in [4.78, 5) is 13.0. The van der Waals surface area contributed by atoms with Crippen molar-refractivity contribution in [3.05, 3.63) is 24.3 Å². The molecule has 0 saturated carbocycles. The standard InChI is InChI=1S/C47H89NO10/c1-3-5-7-9-11-13-14-15-16-17-18-19-20-21-22-23-24-25-26-27-29-31-33-35-40(51)46(56)48-38(37-57-47-45(55)44(54)43(53)41(36-49)58-47)42(52)39(50)34-32-30-28-12-10-8-6-4-2/h4,6,12,28,38-45,47,49-55H,3,5,7-11,13-27,29-37H2,1-2H3,(H,48,56)/b6-4+,28-12+. The topological polar surface area (TPSA) is 189 Å². The van der Waals surface area contributed by atoms with Crippen molar-refractivity contribution in [1.82, 2.24) is 5.32 Å². The van der Waals surface area contributed by atoms with Crippen molar-refractivity contribution in [1.29, 1.82) is 0 Å². The Morgan fingerprint density at radius 1 is 0.621 bits per heavy atom. The first-order chi connectivity index (χ1) is 28.2. The van der Waals surface area contributed by atoms with Crippen molar-refractivity contribution in [2.45, 2.75) is 255 Å². The Balaban J connectivity index is 2.30. The molecule has 1 aliphatic heterocycles. The van der Waals surface area contributed by atoms with Crippen molar-refractivity contribution >= 4 is 5.91 Å². The molecule has 9 unspecified atom stereocenters. The fourth-order valence-electron chi connectivity index (χ4n) is 7.64. The second kappa shape index (κ2) is 37.4. The van der Waals surface area contributed by atoms with E-state index >= 15 is 0 Å². The minimum atomic E-state index is -1.67. The lowest BCUT2D eigenvalue weighted by atomic mass is 9.98. The van der Waals surface area contributed by atoms with Crippen molar-refractivity contribution in [3.63, 3.8) is 0 Å². The Morgan fingerprint density at radius 2 is 1.09 bits per heavy atom. The first-order valence-electron chi connectivity index (χ1n) is 23.7. The molecule has 0 aromatic heterocycles. The van der Waals surface area contributed by atoms with Gasteiger partial charge in [0, 0.05) is 0 Å². The number of carbonyl (C=O) groups excluding carboxylic acids is 1. The molecule has 0 bridgehead atoms. The smallest absolute Gasteiger partial charge is 0.249 e. The Labute approximate surface area is 353 Å². The number of amides is 1.